The molecule has 88 valence electrons. The van der Waals surface area contributed by atoms with Gasteiger partial charge in [0.25, 0.3) is 0 Å². The topological polar surface area (TPSA) is 21.3 Å². The van der Waals surface area contributed by atoms with E-state index in [-0.39, 0.29) is 0 Å². The molecule has 0 heterocycles. The lowest BCUT2D eigenvalue weighted by Gasteiger charge is -2.06. The second-order valence-corrected chi connectivity index (χ2v) is 3.91. The molecule has 0 unspecified atom stereocenters. The van der Waals surface area contributed by atoms with Gasteiger partial charge in [-0.05, 0) is 37.6 Å². The Hall–Kier alpha value is -0.990. The van der Waals surface area contributed by atoms with Crippen LogP contribution in [-0.2, 0) is 6.54 Å². The highest BCUT2D eigenvalue weighted by Gasteiger charge is 2.00. The number of halogens is 1. The third-order valence-electron chi connectivity index (χ3n) is 2.27. The zero-order valence-electron chi connectivity index (χ0n) is 9.79. The van der Waals surface area contributed by atoms with Gasteiger partial charge in [0.2, 0.25) is 0 Å². The third kappa shape index (κ3) is 4.25. The number of hydrogen-bond acceptors (Lipinski definition) is 2. The molecule has 0 spiro atoms. The van der Waals surface area contributed by atoms with Crippen molar-refractivity contribution in [3.63, 3.8) is 0 Å². The first-order valence-electron chi connectivity index (χ1n) is 5.42. The zero-order chi connectivity index (χ0) is 11.8. The van der Waals surface area contributed by atoms with Gasteiger partial charge in [0.15, 0.2) is 0 Å². The highest BCUT2D eigenvalue weighted by molar-refractivity contribution is 6.32. The van der Waals surface area contributed by atoms with Crippen molar-refractivity contribution in [3.8, 4) is 5.75 Å². The van der Waals surface area contributed by atoms with E-state index in [2.05, 4.69) is 17.5 Å². The Balaban J connectivity index is 2.40. The molecule has 16 heavy (non-hydrogen) atoms. The summed E-state index contributed by atoms with van der Waals surface area (Å²) in [5.41, 5.74) is 1.17. The third-order valence-corrected chi connectivity index (χ3v) is 2.56. The largest absolute Gasteiger partial charge is 0.495 e. The zero-order valence-corrected chi connectivity index (χ0v) is 10.6. The monoisotopic (exact) mass is 239 g/mol. The van der Waals surface area contributed by atoms with E-state index in [1.165, 1.54) is 5.56 Å². The van der Waals surface area contributed by atoms with Crippen molar-refractivity contribution in [1.29, 1.82) is 0 Å². The van der Waals surface area contributed by atoms with Gasteiger partial charge < -0.3 is 10.1 Å². The van der Waals surface area contributed by atoms with Gasteiger partial charge in [-0.3, -0.25) is 0 Å². The number of hydrogen-bond donors (Lipinski definition) is 1. The van der Waals surface area contributed by atoms with E-state index in [9.17, 15) is 0 Å². The summed E-state index contributed by atoms with van der Waals surface area (Å²) in [6, 6.07) is 5.85. The van der Waals surface area contributed by atoms with Crippen LogP contribution in [0.15, 0.2) is 30.4 Å². The number of methoxy groups -OCH3 is 1. The number of allylic oxidation sites excluding steroid dienone is 1. The standard InChI is InChI=1S/C13H18ClNO/c1-3-4-5-8-15-10-11-6-7-13(16-2)12(14)9-11/h3-4,6-7,9,15H,5,8,10H2,1-2H3/b4-3+. The molecule has 0 radical (unpaired) electrons. The fraction of sp³-hybridized carbons (Fsp3) is 0.385. The van der Waals surface area contributed by atoms with E-state index in [4.69, 9.17) is 16.3 Å². The fourth-order valence-electron chi connectivity index (χ4n) is 1.40. The molecular formula is C13H18ClNO. The molecule has 0 aliphatic heterocycles. The Morgan fingerprint density at radius 2 is 2.25 bits per heavy atom. The predicted octanol–water partition coefficient (Wildman–Crippen LogP) is 3.40. The second kappa shape index (κ2) is 7.31. The molecule has 2 nitrogen and oxygen atoms in total. The molecule has 0 atom stereocenters. The van der Waals surface area contributed by atoms with E-state index in [1.54, 1.807) is 7.11 Å². The van der Waals surface area contributed by atoms with Crippen LogP contribution < -0.4 is 10.1 Å². The molecular weight excluding hydrogens is 222 g/mol. The summed E-state index contributed by atoms with van der Waals surface area (Å²) >= 11 is 6.03. The van der Waals surface area contributed by atoms with Crippen LogP contribution >= 0.6 is 11.6 Å². The van der Waals surface area contributed by atoms with Crippen LogP contribution in [0.1, 0.15) is 18.9 Å². The molecule has 0 fully saturated rings. The van der Waals surface area contributed by atoms with Gasteiger partial charge in [0.05, 0.1) is 12.1 Å². The molecule has 0 amide bonds. The van der Waals surface area contributed by atoms with Gasteiger partial charge in [-0.25, -0.2) is 0 Å². The minimum absolute atomic E-state index is 0.662. The van der Waals surface area contributed by atoms with Gasteiger partial charge in [-0.15, -0.1) is 0 Å². The number of rotatable bonds is 6. The lowest BCUT2D eigenvalue weighted by molar-refractivity contribution is 0.415. The molecule has 0 aliphatic carbocycles. The minimum Gasteiger partial charge on any atom is -0.495 e. The summed E-state index contributed by atoms with van der Waals surface area (Å²) in [6.07, 6.45) is 5.26. The number of benzene rings is 1. The molecule has 1 N–H and O–H groups in total. The van der Waals surface area contributed by atoms with E-state index in [1.807, 2.05) is 25.1 Å². The van der Waals surface area contributed by atoms with Gasteiger partial charge in [0, 0.05) is 6.54 Å². The normalized spacial score (nSPS) is 10.9. The van der Waals surface area contributed by atoms with Gasteiger partial charge in [-0.1, -0.05) is 29.8 Å². The van der Waals surface area contributed by atoms with Crippen LogP contribution in [0.3, 0.4) is 0 Å². The summed E-state index contributed by atoms with van der Waals surface area (Å²) in [7, 11) is 1.62. The Morgan fingerprint density at radius 3 is 2.88 bits per heavy atom. The van der Waals surface area contributed by atoms with Crippen LogP contribution in [0, 0.1) is 0 Å². The summed E-state index contributed by atoms with van der Waals surface area (Å²) in [6.45, 7) is 3.85. The maximum atomic E-state index is 6.03. The minimum atomic E-state index is 0.662. The molecule has 0 aliphatic rings. The summed E-state index contributed by atoms with van der Waals surface area (Å²) in [4.78, 5) is 0. The number of nitrogens with one attached hydrogen (secondary N) is 1. The first-order chi connectivity index (χ1) is 7.77. The van der Waals surface area contributed by atoms with E-state index >= 15 is 0 Å². The van der Waals surface area contributed by atoms with Gasteiger partial charge in [-0.2, -0.15) is 0 Å². The molecule has 0 saturated heterocycles. The Bertz CT molecular complexity index is 350. The fourth-order valence-corrected chi connectivity index (χ4v) is 1.68. The number of ether oxygens (including phenoxy) is 1. The molecule has 1 aromatic rings. The van der Waals surface area contributed by atoms with Crippen LogP contribution in [0.2, 0.25) is 5.02 Å². The van der Waals surface area contributed by atoms with Gasteiger partial charge in [0.1, 0.15) is 5.75 Å². The van der Waals surface area contributed by atoms with Gasteiger partial charge >= 0.3 is 0 Å². The Morgan fingerprint density at radius 1 is 1.44 bits per heavy atom. The van der Waals surface area contributed by atoms with E-state index in [0.29, 0.717) is 5.02 Å². The smallest absolute Gasteiger partial charge is 0.137 e. The van der Waals surface area contributed by atoms with E-state index < -0.39 is 0 Å². The highest BCUT2D eigenvalue weighted by Crippen LogP contribution is 2.24. The SMILES string of the molecule is C/C=C/CCNCc1ccc(OC)c(Cl)c1. The van der Waals surface area contributed by atoms with Crippen LogP contribution in [-0.4, -0.2) is 13.7 Å². The quantitative estimate of drug-likeness (QED) is 0.607. The first-order valence-corrected chi connectivity index (χ1v) is 5.80. The van der Waals surface area contributed by atoms with Crippen LogP contribution in [0.25, 0.3) is 0 Å². The van der Waals surface area contributed by atoms with Crippen LogP contribution in [0.4, 0.5) is 0 Å². The Labute approximate surface area is 102 Å². The van der Waals surface area contributed by atoms with Crippen molar-refractivity contribution < 1.29 is 4.74 Å². The van der Waals surface area contributed by atoms with Crippen molar-refractivity contribution in [2.45, 2.75) is 19.9 Å². The molecule has 0 bridgehead atoms. The average molecular weight is 240 g/mol. The Kier molecular flexibility index (Phi) is 5.98. The predicted molar refractivity (Wildman–Crippen MR) is 69.1 cm³/mol. The maximum Gasteiger partial charge on any atom is 0.137 e. The molecule has 1 rings (SSSR count). The van der Waals surface area contributed by atoms with Crippen molar-refractivity contribution in [1.82, 2.24) is 5.32 Å². The van der Waals surface area contributed by atoms with Crippen molar-refractivity contribution in [2.24, 2.45) is 0 Å². The summed E-state index contributed by atoms with van der Waals surface area (Å²) in [5.74, 6) is 0.722. The lowest BCUT2D eigenvalue weighted by Crippen LogP contribution is -2.13. The summed E-state index contributed by atoms with van der Waals surface area (Å²) < 4.78 is 5.10. The highest BCUT2D eigenvalue weighted by atomic mass is 35.5. The van der Waals surface area contributed by atoms with Crippen molar-refractivity contribution >= 4 is 11.6 Å². The van der Waals surface area contributed by atoms with Crippen LogP contribution in [0.5, 0.6) is 5.75 Å². The van der Waals surface area contributed by atoms with E-state index in [0.717, 1.165) is 25.3 Å². The lowest BCUT2D eigenvalue weighted by atomic mass is 10.2. The average Bonchev–Trinajstić information content (AvgIpc) is 2.29. The molecule has 0 aromatic heterocycles. The summed E-state index contributed by atoms with van der Waals surface area (Å²) in [5, 5.41) is 4.01. The molecule has 1 aromatic carbocycles. The van der Waals surface area contributed by atoms with Crippen molar-refractivity contribution in [3.05, 3.63) is 40.9 Å². The maximum absolute atomic E-state index is 6.03. The molecule has 0 saturated carbocycles. The first kappa shape index (κ1) is 13.1. The van der Waals surface area contributed by atoms with Crippen molar-refractivity contribution in [2.75, 3.05) is 13.7 Å². The molecule has 3 heteroatoms. The second-order valence-electron chi connectivity index (χ2n) is 3.50.